The van der Waals surface area contributed by atoms with E-state index in [-0.39, 0.29) is 5.97 Å². The van der Waals surface area contributed by atoms with Gasteiger partial charge in [-0.1, -0.05) is 66.7 Å². The number of benzene rings is 4. The molecule has 0 amide bonds. The van der Waals surface area contributed by atoms with Crippen LogP contribution in [0.4, 0.5) is 17.1 Å². The molecule has 3 heteroatoms. The van der Waals surface area contributed by atoms with E-state index in [0.717, 1.165) is 28.1 Å². The van der Waals surface area contributed by atoms with E-state index in [0.29, 0.717) is 13.0 Å². The third kappa shape index (κ3) is 5.75. The quantitative estimate of drug-likeness (QED) is 0.189. The average molecular weight is 476 g/mol. The summed E-state index contributed by atoms with van der Waals surface area (Å²) < 4.78 is 5.09. The Kier molecular flexibility index (Phi) is 7.70. The number of carbonyl (C=O) groups is 1. The van der Waals surface area contributed by atoms with E-state index in [1.54, 1.807) is 0 Å². The molecule has 0 spiro atoms. The number of esters is 1. The van der Waals surface area contributed by atoms with Crippen molar-refractivity contribution in [3.8, 4) is 11.1 Å². The molecule has 0 aliphatic carbocycles. The lowest BCUT2D eigenvalue weighted by atomic mass is 10.0. The predicted octanol–water partition coefficient (Wildman–Crippen LogP) is 8.33. The second-order valence-corrected chi connectivity index (χ2v) is 9.26. The Morgan fingerprint density at radius 3 is 2.00 bits per heavy atom. The molecule has 0 saturated heterocycles. The van der Waals surface area contributed by atoms with Crippen LogP contribution in [0.5, 0.6) is 0 Å². The zero-order valence-corrected chi connectivity index (χ0v) is 21.5. The molecule has 36 heavy (non-hydrogen) atoms. The predicted molar refractivity (Wildman–Crippen MR) is 150 cm³/mol. The van der Waals surface area contributed by atoms with Crippen LogP contribution in [0.25, 0.3) is 11.1 Å². The van der Waals surface area contributed by atoms with Gasteiger partial charge >= 0.3 is 5.97 Å². The van der Waals surface area contributed by atoms with Gasteiger partial charge in [0.05, 0.1) is 6.61 Å². The smallest absolute Gasteiger partial charge is 0.330 e. The fourth-order valence-corrected chi connectivity index (χ4v) is 4.34. The monoisotopic (exact) mass is 475 g/mol. The third-order valence-electron chi connectivity index (χ3n) is 6.56. The van der Waals surface area contributed by atoms with E-state index in [1.807, 2.05) is 0 Å². The Balaban J connectivity index is 1.61. The molecular weight excluding hydrogens is 442 g/mol. The van der Waals surface area contributed by atoms with Crippen molar-refractivity contribution in [1.29, 1.82) is 0 Å². The van der Waals surface area contributed by atoms with Crippen LogP contribution in [-0.4, -0.2) is 12.6 Å². The summed E-state index contributed by atoms with van der Waals surface area (Å²) in [6.07, 6.45) is 1.87. The van der Waals surface area contributed by atoms with Gasteiger partial charge in [-0.25, -0.2) is 4.79 Å². The van der Waals surface area contributed by atoms with Gasteiger partial charge in [-0.2, -0.15) is 0 Å². The van der Waals surface area contributed by atoms with Crippen molar-refractivity contribution in [2.75, 3.05) is 11.5 Å². The summed E-state index contributed by atoms with van der Waals surface area (Å²) in [5.74, 6) is -0.387. The van der Waals surface area contributed by atoms with Gasteiger partial charge in [-0.3, -0.25) is 0 Å². The van der Waals surface area contributed by atoms with Crippen molar-refractivity contribution in [2.24, 2.45) is 0 Å². The molecule has 4 aromatic rings. The van der Waals surface area contributed by atoms with Crippen LogP contribution in [-0.2, 0) is 16.0 Å². The number of nitrogens with zero attached hydrogens (tertiary/aromatic N) is 1. The number of carbonyl (C=O) groups excluding carboxylic acids is 1. The molecule has 0 saturated carbocycles. The molecule has 0 heterocycles. The van der Waals surface area contributed by atoms with Gasteiger partial charge in [-0.05, 0) is 91.4 Å². The molecule has 4 aromatic carbocycles. The van der Waals surface area contributed by atoms with Crippen LogP contribution in [0.2, 0.25) is 0 Å². The first-order valence-corrected chi connectivity index (χ1v) is 12.3. The molecule has 0 N–H and O–H groups in total. The van der Waals surface area contributed by atoms with Gasteiger partial charge in [0.1, 0.15) is 0 Å². The van der Waals surface area contributed by atoms with Gasteiger partial charge in [0.2, 0.25) is 0 Å². The minimum atomic E-state index is -0.387. The summed E-state index contributed by atoms with van der Waals surface area (Å²) in [5, 5.41) is 0. The Morgan fingerprint density at radius 2 is 1.39 bits per heavy atom. The molecular formula is C33H33NO2. The van der Waals surface area contributed by atoms with Crippen molar-refractivity contribution < 1.29 is 9.53 Å². The second-order valence-electron chi connectivity index (χ2n) is 9.26. The highest BCUT2D eigenvalue weighted by Gasteiger charge is 2.15. The SMILES string of the molecule is C=CC(=O)OCCc1ccc(-c2ccc(N(c3ccc(C)c(C)c3)c3ccc(C)cc3C)cc2)cc1. The number of aryl methyl sites for hydroxylation is 4. The summed E-state index contributed by atoms with van der Waals surface area (Å²) >= 11 is 0. The molecule has 0 unspecified atom stereocenters. The van der Waals surface area contributed by atoms with Gasteiger partial charge in [0.25, 0.3) is 0 Å². The zero-order valence-electron chi connectivity index (χ0n) is 21.5. The number of anilines is 3. The first-order chi connectivity index (χ1) is 17.4. The van der Waals surface area contributed by atoms with Crippen molar-refractivity contribution in [3.63, 3.8) is 0 Å². The van der Waals surface area contributed by atoms with Crippen LogP contribution in [0, 0.1) is 27.7 Å². The average Bonchev–Trinajstić information content (AvgIpc) is 2.88. The van der Waals surface area contributed by atoms with E-state index in [2.05, 4.69) is 124 Å². The van der Waals surface area contributed by atoms with Crippen LogP contribution < -0.4 is 4.90 Å². The summed E-state index contributed by atoms with van der Waals surface area (Å²) in [5.41, 5.74) is 12.0. The van der Waals surface area contributed by atoms with Crippen molar-refractivity contribution in [1.82, 2.24) is 0 Å². The Hall–Kier alpha value is -4.11. The van der Waals surface area contributed by atoms with E-state index in [9.17, 15) is 4.79 Å². The molecule has 0 aliphatic rings. The van der Waals surface area contributed by atoms with Crippen LogP contribution in [0.1, 0.15) is 27.8 Å². The van der Waals surface area contributed by atoms with E-state index in [1.165, 1.54) is 34.0 Å². The minimum Gasteiger partial charge on any atom is -0.462 e. The minimum absolute atomic E-state index is 0.353. The van der Waals surface area contributed by atoms with Gasteiger partial charge in [0.15, 0.2) is 0 Å². The summed E-state index contributed by atoms with van der Waals surface area (Å²) in [6, 6.07) is 30.4. The number of ether oxygens (including phenoxy) is 1. The largest absolute Gasteiger partial charge is 0.462 e. The van der Waals surface area contributed by atoms with Crippen molar-refractivity contribution in [2.45, 2.75) is 34.1 Å². The normalized spacial score (nSPS) is 10.7. The maximum absolute atomic E-state index is 11.2. The standard InChI is InChI=1S/C33H33NO2/c1-6-33(35)36-20-19-27-9-11-28(12-10-27)29-13-16-30(17-14-29)34(31-15-8-24(3)25(4)22-31)32-18-7-23(2)21-26(32)5/h6-18,21-22H,1,19-20H2,2-5H3. The topological polar surface area (TPSA) is 29.5 Å². The second kappa shape index (κ2) is 11.1. The Labute approximate surface area is 214 Å². The summed E-state index contributed by atoms with van der Waals surface area (Å²) in [6.45, 7) is 12.4. The van der Waals surface area contributed by atoms with Crippen LogP contribution in [0.3, 0.4) is 0 Å². The first-order valence-electron chi connectivity index (χ1n) is 12.3. The van der Waals surface area contributed by atoms with E-state index in [4.69, 9.17) is 4.74 Å². The van der Waals surface area contributed by atoms with Crippen LogP contribution in [0.15, 0.2) is 97.6 Å². The van der Waals surface area contributed by atoms with E-state index < -0.39 is 0 Å². The molecule has 0 aromatic heterocycles. The molecule has 0 fully saturated rings. The number of hydrogen-bond acceptors (Lipinski definition) is 3. The number of rotatable bonds is 8. The highest BCUT2D eigenvalue weighted by Crippen LogP contribution is 2.38. The van der Waals surface area contributed by atoms with Crippen LogP contribution >= 0.6 is 0 Å². The maximum Gasteiger partial charge on any atom is 0.330 e. The lowest BCUT2D eigenvalue weighted by Crippen LogP contribution is -2.11. The molecule has 0 atom stereocenters. The van der Waals surface area contributed by atoms with Gasteiger partial charge in [-0.15, -0.1) is 0 Å². The Bertz CT molecular complexity index is 1370. The molecule has 0 aliphatic heterocycles. The lowest BCUT2D eigenvalue weighted by Gasteiger charge is -2.28. The lowest BCUT2D eigenvalue weighted by molar-refractivity contribution is -0.137. The van der Waals surface area contributed by atoms with Crippen molar-refractivity contribution >= 4 is 23.0 Å². The number of hydrogen-bond donors (Lipinski definition) is 0. The molecule has 3 nitrogen and oxygen atoms in total. The maximum atomic E-state index is 11.2. The third-order valence-corrected chi connectivity index (χ3v) is 6.56. The molecule has 0 radical (unpaired) electrons. The molecule has 0 bridgehead atoms. The fourth-order valence-electron chi connectivity index (χ4n) is 4.34. The Morgan fingerprint density at radius 1 is 0.750 bits per heavy atom. The zero-order chi connectivity index (χ0) is 25.7. The van der Waals surface area contributed by atoms with Gasteiger partial charge in [0, 0.05) is 29.6 Å². The molecule has 182 valence electrons. The highest BCUT2D eigenvalue weighted by molar-refractivity contribution is 5.81. The van der Waals surface area contributed by atoms with Crippen molar-refractivity contribution in [3.05, 3.63) is 125 Å². The fraction of sp³-hybridized carbons (Fsp3) is 0.182. The summed E-state index contributed by atoms with van der Waals surface area (Å²) in [4.78, 5) is 13.6. The van der Waals surface area contributed by atoms with E-state index >= 15 is 0 Å². The highest BCUT2D eigenvalue weighted by atomic mass is 16.5. The van der Waals surface area contributed by atoms with Gasteiger partial charge < -0.3 is 9.64 Å². The summed E-state index contributed by atoms with van der Waals surface area (Å²) in [7, 11) is 0. The first kappa shape index (κ1) is 25.0. The molecule has 4 rings (SSSR count).